The van der Waals surface area contributed by atoms with Crippen LogP contribution in [0.25, 0.3) is 10.6 Å². The molecule has 0 aliphatic carbocycles. The molecule has 0 spiro atoms. The van der Waals surface area contributed by atoms with E-state index >= 15 is 0 Å². The van der Waals surface area contributed by atoms with Crippen LogP contribution in [0.4, 0.5) is 4.39 Å². The summed E-state index contributed by atoms with van der Waals surface area (Å²) >= 11 is 4.91. The molecule has 2 rings (SSSR count). The fourth-order valence-electron chi connectivity index (χ4n) is 1.71. The minimum atomic E-state index is -0.261. The average molecular weight is 358 g/mol. The minimum Gasteiger partial charge on any atom is -0.316 e. The summed E-state index contributed by atoms with van der Waals surface area (Å²) in [7, 11) is 0. The number of hydrogen-bond acceptors (Lipinski definition) is 4. The summed E-state index contributed by atoms with van der Waals surface area (Å²) in [5.74, 6) is 0.387. The van der Waals surface area contributed by atoms with Crippen LogP contribution in [0, 0.1) is 11.7 Å². The molecule has 1 heterocycles. The number of rotatable bonds is 6. The minimum absolute atomic E-state index is 0.261. The van der Waals surface area contributed by atoms with Crippen molar-refractivity contribution >= 4 is 27.3 Å². The van der Waals surface area contributed by atoms with E-state index in [1.54, 1.807) is 17.4 Å². The van der Waals surface area contributed by atoms with Crippen molar-refractivity contribution in [1.82, 2.24) is 15.5 Å². The Bertz CT molecular complexity index is 571. The molecular weight excluding hydrogens is 341 g/mol. The molecule has 0 saturated carbocycles. The van der Waals surface area contributed by atoms with Crippen LogP contribution in [0.1, 0.15) is 18.9 Å². The number of hydrogen-bond donors (Lipinski definition) is 1. The van der Waals surface area contributed by atoms with Gasteiger partial charge in [0, 0.05) is 23.0 Å². The number of nitrogens with zero attached hydrogens (tertiary/aromatic N) is 2. The lowest BCUT2D eigenvalue weighted by Crippen LogP contribution is -2.22. The van der Waals surface area contributed by atoms with Crippen LogP contribution in [0.3, 0.4) is 0 Å². The Kier molecular flexibility index (Phi) is 5.63. The summed E-state index contributed by atoms with van der Waals surface area (Å²) in [5, 5.41) is 13.6. The van der Waals surface area contributed by atoms with Gasteiger partial charge in [0.25, 0.3) is 0 Å². The van der Waals surface area contributed by atoms with Crippen LogP contribution in [-0.2, 0) is 6.42 Å². The smallest absolute Gasteiger partial charge is 0.148 e. The Hall–Kier alpha value is -0.850. The zero-order valence-electron chi connectivity index (χ0n) is 11.5. The zero-order chi connectivity index (χ0) is 14.5. The number of nitrogens with one attached hydrogen (secondary N) is 1. The lowest BCUT2D eigenvalue weighted by Gasteiger charge is -2.05. The Morgan fingerprint density at radius 1 is 1.35 bits per heavy atom. The molecule has 0 saturated heterocycles. The van der Waals surface area contributed by atoms with Crippen molar-refractivity contribution in [3.8, 4) is 10.6 Å². The van der Waals surface area contributed by atoms with Crippen molar-refractivity contribution in [2.24, 2.45) is 5.92 Å². The largest absolute Gasteiger partial charge is 0.316 e. The molecule has 0 fully saturated rings. The standard InChI is InChI=1S/C14H17BrFN3S/c1-9(2)8-17-6-5-13-18-19-14(20-13)11-4-3-10(16)7-12(11)15/h3-4,7,9,17H,5-6,8H2,1-2H3. The van der Waals surface area contributed by atoms with Crippen LogP contribution >= 0.6 is 27.3 Å². The third-order valence-electron chi connectivity index (χ3n) is 2.70. The number of halogens is 2. The summed E-state index contributed by atoms with van der Waals surface area (Å²) in [5.41, 5.74) is 0.880. The molecule has 0 aliphatic rings. The third kappa shape index (κ3) is 4.33. The topological polar surface area (TPSA) is 37.8 Å². The van der Waals surface area contributed by atoms with Crippen molar-refractivity contribution < 1.29 is 4.39 Å². The maximum absolute atomic E-state index is 13.1. The molecule has 0 bridgehead atoms. The summed E-state index contributed by atoms with van der Waals surface area (Å²) in [4.78, 5) is 0. The van der Waals surface area contributed by atoms with E-state index in [9.17, 15) is 4.39 Å². The second-order valence-electron chi connectivity index (χ2n) is 4.97. The van der Waals surface area contributed by atoms with Gasteiger partial charge < -0.3 is 5.32 Å². The predicted octanol–water partition coefficient (Wildman–Crippen LogP) is 3.89. The molecule has 1 aromatic carbocycles. The molecular formula is C14H17BrFN3S. The summed E-state index contributed by atoms with van der Waals surface area (Å²) < 4.78 is 13.8. The van der Waals surface area contributed by atoms with E-state index in [1.807, 2.05) is 0 Å². The van der Waals surface area contributed by atoms with E-state index in [0.29, 0.717) is 10.4 Å². The number of benzene rings is 1. The Morgan fingerprint density at radius 2 is 2.15 bits per heavy atom. The van der Waals surface area contributed by atoms with E-state index in [4.69, 9.17) is 0 Å². The molecule has 0 aliphatic heterocycles. The van der Waals surface area contributed by atoms with Crippen LogP contribution in [0.15, 0.2) is 22.7 Å². The SMILES string of the molecule is CC(C)CNCCc1nnc(-c2ccc(F)cc2Br)s1. The molecule has 108 valence electrons. The van der Waals surface area contributed by atoms with Crippen LogP contribution in [0.2, 0.25) is 0 Å². The molecule has 0 unspecified atom stereocenters. The lowest BCUT2D eigenvalue weighted by molar-refractivity contribution is 0.553. The van der Waals surface area contributed by atoms with E-state index in [2.05, 4.69) is 45.3 Å². The fourth-order valence-corrected chi connectivity index (χ4v) is 3.26. The third-order valence-corrected chi connectivity index (χ3v) is 4.37. The quantitative estimate of drug-likeness (QED) is 0.796. The van der Waals surface area contributed by atoms with Crippen molar-refractivity contribution in [1.29, 1.82) is 0 Å². The van der Waals surface area contributed by atoms with Crippen LogP contribution in [-0.4, -0.2) is 23.3 Å². The molecule has 1 aromatic heterocycles. The highest BCUT2D eigenvalue weighted by atomic mass is 79.9. The van der Waals surface area contributed by atoms with Crippen molar-refractivity contribution in [3.63, 3.8) is 0 Å². The molecule has 0 amide bonds. The highest BCUT2D eigenvalue weighted by Crippen LogP contribution is 2.31. The molecule has 2 aromatic rings. The second kappa shape index (κ2) is 7.24. The summed E-state index contributed by atoms with van der Waals surface area (Å²) in [6, 6.07) is 4.60. The number of aromatic nitrogens is 2. The molecule has 1 N–H and O–H groups in total. The average Bonchev–Trinajstić information content (AvgIpc) is 2.83. The zero-order valence-corrected chi connectivity index (χ0v) is 13.9. The van der Waals surface area contributed by atoms with Gasteiger partial charge in [0.05, 0.1) is 0 Å². The summed E-state index contributed by atoms with van der Waals surface area (Å²) in [6.45, 7) is 6.27. The first-order valence-corrected chi connectivity index (χ1v) is 8.15. The van der Waals surface area contributed by atoms with Crippen molar-refractivity contribution in [2.75, 3.05) is 13.1 Å². The van der Waals surface area contributed by atoms with Gasteiger partial charge in [-0.15, -0.1) is 10.2 Å². The van der Waals surface area contributed by atoms with Crippen molar-refractivity contribution in [3.05, 3.63) is 33.5 Å². The molecule has 6 heteroatoms. The maximum Gasteiger partial charge on any atom is 0.148 e. The van der Waals surface area contributed by atoms with E-state index in [1.165, 1.54) is 12.1 Å². The van der Waals surface area contributed by atoms with Gasteiger partial charge >= 0.3 is 0 Å². The Labute approximate surface area is 130 Å². The summed E-state index contributed by atoms with van der Waals surface area (Å²) in [6.07, 6.45) is 0.864. The second-order valence-corrected chi connectivity index (χ2v) is 6.89. The van der Waals surface area contributed by atoms with E-state index in [0.717, 1.165) is 35.1 Å². The van der Waals surface area contributed by atoms with Crippen molar-refractivity contribution in [2.45, 2.75) is 20.3 Å². The fraction of sp³-hybridized carbons (Fsp3) is 0.429. The van der Waals surface area contributed by atoms with Gasteiger partial charge in [-0.1, -0.05) is 25.2 Å². The molecule has 0 radical (unpaired) electrons. The van der Waals surface area contributed by atoms with Crippen LogP contribution < -0.4 is 5.32 Å². The maximum atomic E-state index is 13.1. The van der Waals surface area contributed by atoms with Gasteiger partial charge in [0.1, 0.15) is 15.8 Å². The first-order valence-electron chi connectivity index (χ1n) is 6.55. The van der Waals surface area contributed by atoms with E-state index in [-0.39, 0.29) is 5.82 Å². The normalized spacial score (nSPS) is 11.2. The monoisotopic (exact) mass is 357 g/mol. The Balaban J connectivity index is 1.98. The molecule has 0 atom stereocenters. The highest BCUT2D eigenvalue weighted by Gasteiger charge is 2.10. The van der Waals surface area contributed by atoms with Gasteiger partial charge in [-0.25, -0.2) is 4.39 Å². The highest BCUT2D eigenvalue weighted by molar-refractivity contribution is 9.10. The lowest BCUT2D eigenvalue weighted by atomic mass is 10.2. The Morgan fingerprint density at radius 3 is 2.85 bits per heavy atom. The van der Waals surface area contributed by atoms with Gasteiger partial charge in [0.15, 0.2) is 0 Å². The van der Waals surface area contributed by atoms with Gasteiger partial charge in [-0.2, -0.15) is 0 Å². The van der Waals surface area contributed by atoms with Gasteiger partial charge in [-0.3, -0.25) is 0 Å². The van der Waals surface area contributed by atoms with E-state index < -0.39 is 0 Å². The molecule has 3 nitrogen and oxygen atoms in total. The molecule has 20 heavy (non-hydrogen) atoms. The van der Waals surface area contributed by atoms with Gasteiger partial charge in [-0.05, 0) is 46.6 Å². The van der Waals surface area contributed by atoms with Gasteiger partial charge in [0.2, 0.25) is 0 Å². The van der Waals surface area contributed by atoms with Crippen LogP contribution in [0.5, 0.6) is 0 Å². The first-order chi connectivity index (χ1) is 9.56. The first kappa shape index (κ1) is 15.5. The predicted molar refractivity (Wildman–Crippen MR) is 84.4 cm³/mol.